The number of hydrogen-bond donors (Lipinski definition) is 2. The molecular weight excluding hydrogens is 218 g/mol. The molecule has 1 rings (SSSR count). The van der Waals surface area contributed by atoms with Crippen molar-refractivity contribution in [3.63, 3.8) is 0 Å². The van der Waals surface area contributed by atoms with E-state index in [0.29, 0.717) is 18.5 Å². The summed E-state index contributed by atoms with van der Waals surface area (Å²) in [5.74, 6) is 1.06. The van der Waals surface area contributed by atoms with Crippen molar-refractivity contribution in [1.82, 2.24) is 4.90 Å². The molecule has 3 N–H and O–H groups in total. The van der Waals surface area contributed by atoms with Crippen LogP contribution in [0.15, 0.2) is 5.16 Å². The van der Waals surface area contributed by atoms with E-state index in [2.05, 4.69) is 23.9 Å². The molecule has 1 aliphatic rings. The lowest BCUT2D eigenvalue weighted by molar-refractivity contribution is 0.0994. The standard InChI is InChI=1S/C12H25N3O2/c1-4-11(12(13)14-16)15(7-8-17-3)9(2)10-5-6-10/h9-11,16H,4-8H2,1-3H3,(H2,13,14). The zero-order chi connectivity index (χ0) is 12.8. The molecule has 0 bridgehead atoms. The summed E-state index contributed by atoms with van der Waals surface area (Å²) in [4.78, 5) is 2.30. The van der Waals surface area contributed by atoms with E-state index in [4.69, 9.17) is 15.7 Å². The molecule has 0 heterocycles. The van der Waals surface area contributed by atoms with Gasteiger partial charge in [0.1, 0.15) is 0 Å². The van der Waals surface area contributed by atoms with Crippen molar-refractivity contribution < 1.29 is 9.94 Å². The molecule has 0 aliphatic heterocycles. The molecule has 1 saturated carbocycles. The highest BCUT2D eigenvalue weighted by Gasteiger charge is 2.35. The van der Waals surface area contributed by atoms with Gasteiger partial charge < -0.3 is 15.7 Å². The largest absolute Gasteiger partial charge is 0.409 e. The molecule has 0 spiro atoms. The van der Waals surface area contributed by atoms with Gasteiger partial charge in [0.15, 0.2) is 5.84 Å². The highest BCUT2D eigenvalue weighted by atomic mass is 16.5. The second-order valence-electron chi connectivity index (χ2n) is 4.76. The van der Waals surface area contributed by atoms with Crippen LogP contribution in [0.5, 0.6) is 0 Å². The molecule has 100 valence electrons. The molecule has 0 aromatic carbocycles. The van der Waals surface area contributed by atoms with Gasteiger partial charge in [-0.2, -0.15) is 0 Å². The van der Waals surface area contributed by atoms with Crippen LogP contribution in [0.1, 0.15) is 33.1 Å². The fourth-order valence-electron chi connectivity index (χ4n) is 2.37. The number of hydrogen-bond acceptors (Lipinski definition) is 4. The topological polar surface area (TPSA) is 71.1 Å². The third kappa shape index (κ3) is 3.85. The lowest BCUT2D eigenvalue weighted by Crippen LogP contribution is -2.50. The van der Waals surface area contributed by atoms with Crippen molar-refractivity contribution in [2.45, 2.75) is 45.2 Å². The number of rotatable bonds is 8. The summed E-state index contributed by atoms with van der Waals surface area (Å²) in [5.41, 5.74) is 5.78. The van der Waals surface area contributed by atoms with Gasteiger partial charge in [-0.05, 0) is 32.1 Å². The van der Waals surface area contributed by atoms with Gasteiger partial charge in [0.2, 0.25) is 0 Å². The van der Waals surface area contributed by atoms with Crippen LogP contribution in [0.2, 0.25) is 0 Å². The van der Waals surface area contributed by atoms with E-state index in [9.17, 15) is 0 Å². The minimum Gasteiger partial charge on any atom is -0.409 e. The molecule has 0 aromatic rings. The molecule has 0 saturated heterocycles. The molecule has 5 nitrogen and oxygen atoms in total. The zero-order valence-corrected chi connectivity index (χ0v) is 11.1. The average Bonchev–Trinajstić information content (AvgIpc) is 3.17. The summed E-state index contributed by atoms with van der Waals surface area (Å²) >= 11 is 0. The Balaban J connectivity index is 2.70. The molecule has 17 heavy (non-hydrogen) atoms. The van der Waals surface area contributed by atoms with Gasteiger partial charge in [0, 0.05) is 19.7 Å². The Bertz CT molecular complexity index is 254. The summed E-state index contributed by atoms with van der Waals surface area (Å²) in [7, 11) is 1.70. The molecule has 0 amide bonds. The van der Waals surface area contributed by atoms with E-state index in [-0.39, 0.29) is 6.04 Å². The van der Waals surface area contributed by atoms with E-state index in [1.807, 2.05) is 0 Å². The SMILES string of the molecule is CCC(C(N)=NO)N(CCOC)C(C)C1CC1. The fraction of sp³-hybridized carbons (Fsp3) is 0.917. The van der Waals surface area contributed by atoms with Gasteiger partial charge in [-0.3, -0.25) is 4.90 Å². The van der Waals surface area contributed by atoms with Crippen LogP contribution in [-0.4, -0.2) is 48.3 Å². The number of amidine groups is 1. The maximum atomic E-state index is 8.85. The Kier molecular flexibility index (Phi) is 5.71. The van der Waals surface area contributed by atoms with Crippen LogP contribution in [-0.2, 0) is 4.74 Å². The van der Waals surface area contributed by atoms with Gasteiger partial charge in [-0.1, -0.05) is 12.1 Å². The zero-order valence-electron chi connectivity index (χ0n) is 11.1. The number of ether oxygens (including phenoxy) is 1. The lowest BCUT2D eigenvalue weighted by atomic mass is 10.1. The van der Waals surface area contributed by atoms with Crippen molar-refractivity contribution in [2.24, 2.45) is 16.8 Å². The summed E-state index contributed by atoms with van der Waals surface area (Å²) in [6.45, 7) is 5.78. The number of nitrogens with zero attached hydrogens (tertiary/aromatic N) is 2. The van der Waals surface area contributed by atoms with E-state index in [1.54, 1.807) is 7.11 Å². The van der Waals surface area contributed by atoms with Crippen LogP contribution < -0.4 is 5.73 Å². The first-order chi connectivity index (χ1) is 8.15. The number of nitrogens with two attached hydrogens (primary N) is 1. The Morgan fingerprint density at radius 1 is 1.59 bits per heavy atom. The normalized spacial score (nSPS) is 20.6. The molecule has 1 aliphatic carbocycles. The first-order valence-corrected chi connectivity index (χ1v) is 6.37. The molecule has 2 atom stereocenters. The number of oxime groups is 1. The predicted molar refractivity (Wildman–Crippen MR) is 68.3 cm³/mol. The second kappa shape index (κ2) is 6.81. The van der Waals surface area contributed by atoms with E-state index >= 15 is 0 Å². The average molecular weight is 243 g/mol. The van der Waals surface area contributed by atoms with E-state index in [1.165, 1.54) is 12.8 Å². The molecule has 0 radical (unpaired) electrons. The quantitative estimate of drug-likeness (QED) is 0.291. The molecule has 0 aromatic heterocycles. The fourth-order valence-corrected chi connectivity index (χ4v) is 2.37. The Labute approximate surface area is 104 Å². The second-order valence-corrected chi connectivity index (χ2v) is 4.76. The van der Waals surface area contributed by atoms with Crippen LogP contribution in [0, 0.1) is 5.92 Å². The summed E-state index contributed by atoms with van der Waals surface area (Å²) in [5, 5.41) is 12.0. The predicted octanol–water partition coefficient (Wildman–Crippen LogP) is 1.26. The van der Waals surface area contributed by atoms with Crippen molar-refractivity contribution in [3.8, 4) is 0 Å². The van der Waals surface area contributed by atoms with Gasteiger partial charge in [-0.15, -0.1) is 0 Å². The minimum absolute atomic E-state index is 0.00532. The van der Waals surface area contributed by atoms with Crippen LogP contribution in [0.3, 0.4) is 0 Å². The Morgan fingerprint density at radius 2 is 2.24 bits per heavy atom. The lowest BCUT2D eigenvalue weighted by Gasteiger charge is -2.35. The third-order valence-electron chi connectivity index (χ3n) is 3.62. The van der Waals surface area contributed by atoms with Crippen LogP contribution >= 0.6 is 0 Å². The summed E-state index contributed by atoms with van der Waals surface area (Å²) < 4.78 is 5.15. The maximum Gasteiger partial charge on any atom is 0.156 e. The van der Waals surface area contributed by atoms with Crippen LogP contribution in [0.4, 0.5) is 0 Å². The van der Waals surface area contributed by atoms with Gasteiger partial charge in [-0.25, -0.2) is 0 Å². The summed E-state index contributed by atoms with van der Waals surface area (Å²) in [6.07, 6.45) is 3.42. The van der Waals surface area contributed by atoms with E-state index < -0.39 is 0 Å². The summed E-state index contributed by atoms with van der Waals surface area (Å²) in [6, 6.07) is 0.473. The highest BCUT2D eigenvalue weighted by molar-refractivity contribution is 5.85. The molecule has 1 fully saturated rings. The Morgan fingerprint density at radius 3 is 2.65 bits per heavy atom. The maximum absolute atomic E-state index is 8.85. The Hall–Kier alpha value is -0.810. The van der Waals surface area contributed by atoms with Gasteiger partial charge >= 0.3 is 0 Å². The van der Waals surface area contributed by atoms with E-state index in [0.717, 1.165) is 18.9 Å². The number of methoxy groups -OCH3 is 1. The highest BCUT2D eigenvalue weighted by Crippen LogP contribution is 2.36. The molecule has 5 heteroatoms. The third-order valence-corrected chi connectivity index (χ3v) is 3.62. The monoisotopic (exact) mass is 243 g/mol. The molecule has 2 unspecified atom stereocenters. The smallest absolute Gasteiger partial charge is 0.156 e. The minimum atomic E-state index is 0.00532. The van der Waals surface area contributed by atoms with Crippen molar-refractivity contribution in [2.75, 3.05) is 20.3 Å². The van der Waals surface area contributed by atoms with Crippen molar-refractivity contribution in [3.05, 3.63) is 0 Å². The first kappa shape index (κ1) is 14.3. The van der Waals surface area contributed by atoms with Crippen molar-refractivity contribution >= 4 is 5.84 Å². The van der Waals surface area contributed by atoms with Gasteiger partial charge in [0.25, 0.3) is 0 Å². The first-order valence-electron chi connectivity index (χ1n) is 6.37. The molecular formula is C12H25N3O2. The van der Waals surface area contributed by atoms with Crippen LogP contribution in [0.25, 0.3) is 0 Å². The van der Waals surface area contributed by atoms with Crippen molar-refractivity contribution in [1.29, 1.82) is 0 Å². The van der Waals surface area contributed by atoms with Gasteiger partial charge in [0.05, 0.1) is 12.6 Å².